The predicted molar refractivity (Wildman–Crippen MR) is 128 cm³/mol. The first-order valence-corrected chi connectivity index (χ1v) is 11.3. The summed E-state index contributed by atoms with van der Waals surface area (Å²) in [6.45, 7) is 5.77. The molecule has 0 spiro atoms. The fourth-order valence-corrected chi connectivity index (χ4v) is 4.74. The number of fused-ring (bicyclic) bond motifs is 1. The quantitative estimate of drug-likeness (QED) is 0.394. The molecule has 1 aliphatic carbocycles. The van der Waals surface area contributed by atoms with Crippen molar-refractivity contribution in [2.75, 3.05) is 17.7 Å². The summed E-state index contributed by atoms with van der Waals surface area (Å²) in [5.41, 5.74) is 8.31. The molecular weight excluding hydrogens is 434 g/mol. The Kier molecular flexibility index (Phi) is 5.52. The van der Waals surface area contributed by atoms with E-state index < -0.39 is 0 Å². The lowest BCUT2D eigenvalue weighted by molar-refractivity contribution is 0.108. The third-order valence-electron chi connectivity index (χ3n) is 6.57. The number of rotatable bonds is 6. The maximum absolute atomic E-state index is 13.7. The molecule has 4 aromatic rings. The summed E-state index contributed by atoms with van der Waals surface area (Å²) in [7, 11) is 0. The molecule has 176 valence electrons. The highest BCUT2D eigenvalue weighted by Crippen LogP contribution is 2.39. The van der Waals surface area contributed by atoms with Crippen molar-refractivity contribution in [3.63, 3.8) is 0 Å². The molecule has 0 saturated heterocycles. The third-order valence-corrected chi connectivity index (χ3v) is 6.57. The van der Waals surface area contributed by atoms with Crippen molar-refractivity contribution in [3.8, 4) is 11.5 Å². The Morgan fingerprint density at radius 2 is 2.09 bits per heavy atom. The monoisotopic (exact) mass is 461 g/mol. The van der Waals surface area contributed by atoms with Crippen LogP contribution in [0.2, 0.25) is 0 Å². The van der Waals surface area contributed by atoms with Gasteiger partial charge in [0.15, 0.2) is 5.82 Å². The number of nitrogen functional groups attached to an aromatic ring is 1. The Balaban J connectivity index is 1.60. The molecule has 5 rings (SSSR count). The van der Waals surface area contributed by atoms with Gasteiger partial charge in [0.25, 0.3) is 11.4 Å². The third kappa shape index (κ3) is 3.69. The molecule has 0 radical (unpaired) electrons. The van der Waals surface area contributed by atoms with Crippen molar-refractivity contribution in [2.24, 2.45) is 5.92 Å². The van der Waals surface area contributed by atoms with E-state index in [0.29, 0.717) is 17.2 Å². The summed E-state index contributed by atoms with van der Waals surface area (Å²) in [5, 5.41) is 18.4. The number of benzene rings is 1. The Morgan fingerprint density at radius 1 is 1.29 bits per heavy atom. The maximum Gasteiger partial charge on any atom is 0.265 e. The second-order valence-corrected chi connectivity index (χ2v) is 8.95. The summed E-state index contributed by atoms with van der Waals surface area (Å²) >= 11 is 0. The standard InChI is InChI=1S/C24H27N7O3/c1-12-5-4-6-16-9-18(31(24(33)19(12)16)17-7-15(8-17)10-32)13(2)28-22-20(21(25)26-11-27-22)23-29-14(3)30-34-23/h4-6,9,11,13,15,17,32H,7-8,10H2,1-3H3,(H3,25,26,27,28). The fourth-order valence-electron chi connectivity index (χ4n) is 4.74. The van der Waals surface area contributed by atoms with Crippen LogP contribution in [0.3, 0.4) is 0 Å². The van der Waals surface area contributed by atoms with Crippen LogP contribution in [-0.4, -0.2) is 36.4 Å². The van der Waals surface area contributed by atoms with E-state index in [1.807, 2.05) is 36.6 Å². The molecule has 3 aromatic heterocycles. The molecule has 1 aromatic carbocycles. The average molecular weight is 462 g/mol. The van der Waals surface area contributed by atoms with Crippen LogP contribution >= 0.6 is 0 Å². The van der Waals surface area contributed by atoms with Crippen LogP contribution in [0.25, 0.3) is 22.2 Å². The number of aliphatic hydroxyl groups is 1. The second-order valence-electron chi connectivity index (χ2n) is 8.95. The number of aliphatic hydroxyl groups excluding tert-OH is 1. The molecule has 10 heteroatoms. The van der Waals surface area contributed by atoms with E-state index in [-0.39, 0.29) is 41.9 Å². The zero-order chi connectivity index (χ0) is 24.0. The Bertz CT molecular complexity index is 1420. The summed E-state index contributed by atoms with van der Waals surface area (Å²) in [6.07, 6.45) is 2.90. The molecular formula is C24H27N7O3. The van der Waals surface area contributed by atoms with E-state index in [0.717, 1.165) is 34.9 Å². The molecule has 1 atom stereocenters. The van der Waals surface area contributed by atoms with Crippen LogP contribution in [0.5, 0.6) is 0 Å². The van der Waals surface area contributed by atoms with Gasteiger partial charge in [-0.15, -0.1) is 0 Å². The second kappa shape index (κ2) is 8.53. The molecule has 10 nitrogen and oxygen atoms in total. The molecule has 0 bridgehead atoms. The van der Waals surface area contributed by atoms with Crippen molar-refractivity contribution < 1.29 is 9.63 Å². The first kappa shape index (κ1) is 22.0. The molecule has 0 aliphatic heterocycles. The van der Waals surface area contributed by atoms with Crippen molar-refractivity contribution in [2.45, 2.75) is 45.7 Å². The largest absolute Gasteiger partial charge is 0.396 e. The van der Waals surface area contributed by atoms with Gasteiger partial charge in [0, 0.05) is 18.3 Å². The highest BCUT2D eigenvalue weighted by atomic mass is 16.5. The minimum absolute atomic E-state index is 0.0180. The van der Waals surface area contributed by atoms with Crippen LogP contribution in [0.1, 0.15) is 48.9 Å². The number of hydrogen-bond acceptors (Lipinski definition) is 9. The SMILES string of the molecule is Cc1noc(-c2c(N)ncnc2NC(C)c2cc3cccc(C)c3c(=O)n2C2CC(CO)C2)n1. The lowest BCUT2D eigenvalue weighted by atomic mass is 9.80. The number of nitrogens with one attached hydrogen (secondary N) is 1. The van der Waals surface area contributed by atoms with E-state index in [1.165, 1.54) is 6.33 Å². The van der Waals surface area contributed by atoms with Gasteiger partial charge in [-0.05, 0) is 56.5 Å². The summed E-state index contributed by atoms with van der Waals surface area (Å²) in [6, 6.07) is 7.64. The van der Waals surface area contributed by atoms with Gasteiger partial charge in [-0.1, -0.05) is 23.4 Å². The van der Waals surface area contributed by atoms with Gasteiger partial charge in [0.1, 0.15) is 23.5 Å². The fraction of sp³-hybridized carbons (Fsp3) is 0.375. The Morgan fingerprint density at radius 3 is 2.79 bits per heavy atom. The zero-order valence-electron chi connectivity index (χ0n) is 19.3. The van der Waals surface area contributed by atoms with Gasteiger partial charge in [-0.25, -0.2) is 9.97 Å². The van der Waals surface area contributed by atoms with Crippen LogP contribution in [0, 0.1) is 19.8 Å². The van der Waals surface area contributed by atoms with Gasteiger partial charge < -0.3 is 25.2 Å². The Labute approximate surface area is 195 Å². The minimum Gasteiger partial charge on any atom is -0.396 e. The molecule has 1 fully saturated rings. The molecule has 1 aliphatic rings. The van der Waals surface area contributed by atoms with E-state index >= 15 is 0 Å². The molecule has 0 amide bonds. The van der Waals surface area contributed by atoms with E-state index in [9.17, 15) is 9.90 Å². The number of hydrogen-bond donors (Lipinski definition) is 3. The first-order chi connectivity index (χ1) is 16.4. The summed E-state index contributed by atoms with van der Waals surface area (Å²) < 4.78 is 7.20. The van der Waals surface area contributed by atoms with E-state index in [1.54, 1.807) is 6.92 Å². The smallest absolute Gasteiger partial charge is 0.265 e. The summed E-state index contributed by atoms with van der Waals surface area (Å²) in [4.78, 5) is 26.4. The van der Waals surface area contributed by atoms with Crippen molar-refractivity contribution in [3.05, 3.63) is 58.0 Å². The normalized spacial score (nSPS) is 18.6. The van der Waals surface area contributed by atoms with Crippen LogP contribution in [0.4, 0.5) is 11.6 Å². The van der Waals surface area contributed by atoms with Gasteiger partial charge in [0.2, 0.25) is 0 Å². The molecule has 1 unspecified atom stereocenters. The van der Waals surface area contributed by atoms with Crippen LogP contribution in [-0.2, 0) is 0 Å². The number of aryl methyl sites for hydroxylation is 2. The molecule has 3 heterocycles. The number of aromatic nitrogens is 5. The highest BCUT2D eigenvalue weighted by Gasteiger charge is 2.33. The van der Waals surface area contributed by atoms with Crippen LogP contribution in [0.15, 0.2) is 39.9 Å². The van der Waals surface area contributed by atoms with Gasteiger partial charge >= 0.3 is 0 Å². The minimum atomic E-state index is -0.303. The average Bonchev–Trinajstić information content (AvgIpc) is 3.20. The van der Waals surface area contributed by atoms with Crippen molar-refractivity contribution in [1.29, 1.82) is 0 Å². The molecule has 34 heavy (non-hydrogen) atoms. The topological polar surface area (TPSA) is 145 Å². The number of nitrogens with zero attached hydrogens (tertiary/aromatic N) is 5. The maximum atomic E-state index is 13.7. The van der Waals surface area contributed by atoms with Gasteiger partial charge in [-0.3, -0.25) is 4.79 Å². The Hall–Kier alpha value is -3.79. The number of anilines is 2. The summed E-state index contributed by atoms with van der Waals surface area (Å²) in [5.74, 6) is 1.56. The van der Waals surface area contributed by atoms with Crippen molar-refractivity contribution >= 4 is 22.4 Å². The molecule has 1 saturated carbocycles. The lowest BCUT2D eigenvalue weighted by Gasteiger charge is -2.38. The number of pyridine rings is 1. The van der Waals surface area contributed by atoms with Gasteiger partial charge in [0.05, 0.1) is 11.4 Å². The first-order valence-electron chi connectivity index (χ1n) is 11.3. The van der Waals surface area contributed by atoms with Crippen LogP contribution < -0.4 is 16.6 Å². The van der Waals surface area contributed by atoms with E-state index in [2.05, 4.69) is 31.5 Å². The van der Waals surface area contributed by atoms with Gasteiger partial charge in [-0.2, -0.15) is 4.98 Å². The predicted octanol–water partition coefficient (Wildman–Crippen LogP) is 3.16. The zero-order valence-corrected chi connectivity index (χ0v) is 19.3. The number of nitrogens with two attached hydrogens (primary N) is 1. The lowest BCUT2D eigenvalue weighted by Crippen LogP contribution is -2.38. The van der Waals surface area contributed by atoms with E-state index in [4.69, 9.17) is 10.3 Å². The van der Waals surface area contributed by atoms with Crippen molar-refractivity contribution in [1.82, 2.24) is 24.7 Å². The highest BCUT2D eigenvalue weighted by molar-refractivity contribution is 5.85. The molecule has 4 N–H and O–H groups in total.